The van der Waals surface area contributed by atoms with E-state index in [0.717, 1.165) is 10.5 Å². The molecule has 2 aromatic carbocycles. The SMILES string of the molecule is NC(=O)C(Nc1ccc(Br)cc1)c1ccc(F)cc1F. The van der Waals surface area contributed by atoms with E-state index in [0.29, 0.717) is 11.8 Å². The molecule has 0 saturated heterocycles. The highest BCUT2D eigenvalue weighted by Crippen LogP contribution is 2.23. The molecule has 1 unspecified atom stereocenters. The van der Waals surface area contributed by atoms with Gasteiger partial charge in [-0.1, -0.05) is 22.0 Å². The molecule has 1 amide bonds. The maximum atomic E-state index is 13.7. The molecule has 2 aromatic rings. The van der Waals surface area contributed by atoms with Gasteiger partial charge in [0.05, 0.1) is 0 Å². The first-order valence-corrected chi connectivity index (χ1v) is 6.53. The van der Waals surface area contributed by atoms with Crippen molar-refractivity contribution in [3.63, 3.8) is 0 Å². The topological polar surface area (TPSA) is 55.1 Å². The third-order valence-corrected chi connectivity index (χ3v) is 3.24. The molecule has 0 aliphatic carbocycles. The van der Waals surface area contributed by atoms with Gasteiger partial charge in [0.15, 0.2) is 0 Å². The molecule has 0 radical (unpaired) electrons. The summed E-state index contributed by atoms with van der Waals surface area (Å²) in [6, 6.07) is 8.88. The van der Waals surface area contributed by atoms with E-state index < -0.39 is 23.6 Å². The number of carbonyl (C=O) groups is 1. The van der Waals surface area contributed by atoms with E-state index in [4.69, 9.17) is 5.73 Å². The van der Waals surface area contributed by atoms with Crippen molar-refractivity contribution in [2.45, 2.75) is 6.04 Å². The van der Waals surface area contributed by atoms with Gasteiger partial charge in [-0.05, 0) is 30.3 Å². The maximum Gasteiger partial charge on any atom is 0.244 e. The summed E-state index contributed by atoms with van der Waals surface area (Å²) in [5, 5.41) is 2.82. The fourth-order valence-electron chi connectivity index (χ4n) is 1.75. The van der Waals surface area contributed by atoms with Crippen LogP contribution in [0.5, 0.6) is 0 Å². The number of carbonyl (C=O) groups excluding carboxylic acids is 1. The third-order valence-electron chi connectivity index (χ3n) is 2.71. The quantitative estimate of drug-likeness (QED) is 0.896. The van der Waals surface area contributed by atoms with Crippen LogP contribution in [0, 0.1) is 11.6 Å². The Hall–Kier alpha value is -1.95. The van der Waals surface area contributed by atoms with Crippen LogP contribution in [0.15, 0.2) is 46.9 Å². The highest BCUT2D eigenvalue weighted by Gasteiger charge is 2.21. The van der Waals surface area contributed by atoms with Crippen molar-refractivity contribution >= 4 is 27.5 Å². The summed E-state index contributed by atoms with van der Waals surface area (Å²) >= 11 is 3.28. The van der Waals surface area contributed by atoms with E-state index in [1.807, 2.05) is 0 Å². The molecular weight excluding hydrogens is 330 g/mol. The van der Waals surface area contributed by atoms with E-state index in [1.54, 1.807) is 24.3 Å². The number of hydrogen-bond acceptors (Lipinski definition) is 2. The lowest BCUT2D eigenvalue weighted by Crippen LogP contribution is -2.28. The van der Waals surface area contributed by atoms with Crippen molar-refractivity contribution in [1.29, 1.82) is 0 Å². The average molecular weight is 341 g/mol. The first-order chi connectivity index (χ1) is 9.47. The van der Waals surface area contributed by atoms with Gasteiger partial charge in [-0.3, -0.25) is 4.79 Å². The van der Waals surface area contributed by atoms with Gasteiger partial charge in [0.1, 0.15) is 17.7 Å². The van der Waals surface area contributed by atoms with Crippen molar-refractivity contribution in [3.05, 3.63) is 64.1 Å². The molecule has 1 atom stereocenters. The minimum Gasteiger partial charge on any atom is -0.370 e. The molecule has 104 valence electrons. The monoisotopic (exact) mass is 340 g/mol. The summed E-state index contributed by atoms with van der Waals surface area (Å²) in [5.41, 5.74) is 5.88. The standard InChI is InChI=1S/C14H11BrF2N2O/c15-8-1-4-10(5-2-8)19-13(14(18)20)11-6-3-9(16)7-12(11)17/h1-7,13,19H,(H2,18,20). The number of primary amides is 1. The second-order valence-corrected chi connectivity index (χ2v) is 5.07. The Bertz CT molecular complexity index is 632. The maximum absolute atomic E-state index is 13.7. The zero-order valence-corrected chi connectivity index (χ0v) is 11.8. The zero-order chi connectivity index (χ0) is 14.7. The fraction of sp³-hybridized carbons (Fsp3) is 0.0714. The average Bonchev–Trinajstić information content (AvgIpc) is 2.39. The van der Waals surface area contributed by atoms with Crippen molar-refractivity contribution < 1.29 is 13.6 Å². The van der Waals surface area contributed by atoms with Crippen LogP contribution in [0.3, 0.4) is 0 Å². The van der Waals surface area contributed by atoms with Crippen LogP contribution < -0.4 is 11.1 Å². The van der Waals surface area contributed by atoms with Crippen LogP contribution >= 0.6 is 15.9 Å². The van der Waals surface area contributed by atoms with Crippen LogP contribution in [-0.4, -0.2) is 5.91 Å². The van der Waals surface area contributed by atoms with Gasteiger partial charge in [-0.15, -0.1) is 0 Å². The molecule has 0 bridgehead atoms. The smallest absolute Gasteiger partial charge is 0.244 e. The molecule has 6 heteroatoms. The Balaban J connectivity index is 2.31. The lowest BCUT2D eigenvalue weighted by atomic mass is 10.1. The van der Waals surface area contributed by atoms with Gasteiger partial charge in [-0.2, -0.15) is 0 Å². The molecule has 0 aromatic heterocycles. The largest absolute Gasteiger partial charge is 0.370 e. The Kier molecular flexibility index (Phi) is 4.34. The first kappa shape index (κ1) is 14.5. The lowest BCUT2D eigenvalue weighted by Gasteiger charge is -2.18. The van der Waals surface area contributed by atoms with E-state index >= 15 is 0 Å². The number of anilines is 1. The van der Waals surface area contributed by atoms with Gasteiger partial charge in [-0.25, -0.2) is 8.78 Å². The zero-order valence-electron chi connectivity index (χ0n) is 10.2. The Labute approximate surface area is 122 Å². The second-order valence-electron chi connectivity index (χ2n) is 4.15. The number of hydrogen-bond donors (Lipinski definition) is 2. The second kappa shape index (κ2) is 6.00. The minimum absolute atomic E-state index is 0.00168. The van der Waals surface area contributed by atoms with Gasteiger partial charge in [0.25, 0.3) is 0 Å². The van der Waals surface area contributed by atoms with Gasteiger partial charge >= 0.3 is 0 Å². The van der Waals surface area contributed by atoms with Crippen molar-refractivity contribution in [1.82, 2.24) is 0 Å². The normalized spacial score (nSPS) is 11.9. The molecule has 3 nitrogen and oxygen atoms in total. The Morgan fingerprint density at radius 3 is 2.35 bits per heavy atom. The van der Waals surface area contributed by atoms with Crippen molar-refractivity contribution in [3.8, 4) is 0 Å². The number of halogens is 3. The summed E-state index contributed by atoms with van der Waals surface area (Å²) < 4.78 is 27.5. The predicted octanol–water partition coefficient (Wildman–Crippen LogP) is 3.37. The Morgan fingerprint density at radius 2 is 1.80 bits per heavy atom. The molecule has 0 spiro atoms. The molecule has 3 N–H and O–H groups in total. The number of benzene rings is 2. The first-order valence-electron chi connectivity index (χ1n) is 5.74. The molecule has 0 heterocycles. The van der Waals surface area contributed by atoms with Crippen LogP contribution in [-0.2, 0) is 4.79 Å². The highest BCUT2D eigenvalue weighted by atomic mass is 79.9. The fourth-order valence-corrected chi connectivity index (χ4v) is 2.01. The van der Waals surface area contributed by atoms with Gasteiger partial charge < -0.3 is 11.1 Å². The molecule has 20 heavy (non-hydrogen) atoms. The Morgan fingerprint density at radius 1 is 1.15 bits per heavy atom. The van der Waals surface area contributed by atoms with E-state index in [2.05, 4.69) is 21.2 Å². The molecule has 0 saturated carbocycles. The summed E-state index contributed by atoms with van der Waals surface area (Å²) in [5.74, 6) is -2.28. The van der Waals surface area contributed by atoms with E-state index in [9.17, 15) is 13.6 Å². The summed E-state index contributed by atoms with van der Waals surface area (Å²) in [6.07, 6.45) is 0. The van der Waals surface area contributed by atoms with E-state index in [1.165, 1.54) is 6.07 Å². The lowest BCUT2D eigenvalue weighted by molar-refractivity contribution is -0.118. The summed E-state index contributed by atoms with van der Waals surface area (Å²) in [6.45, 7) is 0. The predicted molar refractivity (Wildman–Crippen MR) is 76.1 cm³/mol. The van der Waals surface area contributed by atoms with Crippen molar-refractivity contribution in [2.24, 2.45) is 5.73 Å². The molecule has 0 aliphatic heterocycles. The van der Waals surface area contributed by atoms with Crippen LogP contribution in [0.4, 0.5) is 14.5 Å². The van der Waals surface area contributed by atoms with Gasteiger partial charge in [0.2, 0.25) is 5.91 Å². The third kappa shape index (κ3) is 3.33. The molecule has 2 rings (SSSR count). The molecule has 0 aliphatic rings. The van der Waals surface area contributed by atoms with Gasteiger partial charge in [0, 0.05) is 21.8 Å². The van der Waals surface area contributed by atoms with Crippen LogP contribution in [0.2, 0.25) is 0 Å². The number of amides is 1. The summed E-state index contributed by atoms with van der Waals surface area (Å²) in [7, 11) is 0. The number of nitrogens with two attached hydrogens (primary N) is 1. The minimum atomic E-state index is -1.07. The summed E-state index contributed by atoms with van der Waals surface area (Å²) in [4.78, 5) is 11.5. The van der Waals surface area contributed by atoms with Crippen LogP contribution in [0.25, 0.3) is 0 Å². The molecular formula is C14H11BrF2N2O. The number of rotatable bonds is 4. The molecule has 0 fully saturated rings. The van der Waals surface area contributed by atoms with Crippen molar-refractivity contribution in [2.75, 3.05) is 5.32 Å². The highest BCUT2D eigenvalue weighted by molar-refractivity contribution is 9.10. The van der Waals surface area contributed by atoms with Crippen LogP contribution in [0.1, 0.15) is 11.6 Å². The number of nitrogens with one attached hydrogen (secondary N) is 1. The van der Waals surface area contributed by atoms with E-state index in [-0.39, 0.29) is 5.56 Å².